The van der Waals surface area contributed by atoms with Gasteiger partial charge in [-0.25, -0.2) is 0 Å². The smallest absolute Gasteiger partial charge is 0.339 e. The summed E-state index contributed by atoms with van der Waals surface area (Å²) in [5, 5.41) is 0. The summed E-state index contributed by atoms with van der Waals surface area (Å²) in [6.45, 7) is 10.0. The molecule has 0 fully saturated rings. The molecule has 2 aromatic rings. The SMILES string of the molecule is Cc1ccc(OS(=O)(=O)c2ccc(C(C)(C)C)cc2)c(C)c1. The Kier molecular flexibility index (Phi) is 4.34. The lowest BCUT2D eigenvalue weighted by molar-refractivity contribution is 0.484. The Hall–Kier alpha value is -1.81. The molecule has 0 amide bonds. The molecule has 4 heteroatoms. The number of benzene rings is 2. The Labute approximate surface area is 133 Å². The van der Waals surface area contributed by atoms with Crippen LogP contribution in [0.3, 0.4) is 0 Å². The molecule has 118 valence electrons. The Morgan fingerprint density at radius 3 is 2.00 bits per heavy atom. The monoisotopic (exact) mass is 318 g/mol. The number of rotatable bonds is 3. The van der Waals surface area contributed by atoms with Crippen LogP contribution in [0.1, 0.15) is 37.5 Å². The van der Waals surface area contributed by atoms with E-state index in [1.807, 2.05) is 38.1 Å². The second-order valence-corrected chi connectivity index (χ2v) is 8.13. The van der Waals surface area contributed by atoms with E-state index < -0.39 is 10.1 Å². The topological polar surface area (TPSA) is 43.4 Å². The number of hydrogen-bond acceptors (Lipinski definition) is 3. The summed E-state index contributed by atoms with van der Waals surface area (Å²) in [7, 11) is -3.81. The summed E-state index contributed by atoms with van der Waals surface area (Å²) in [5.41, 5.74) is 2.93. The van der Waals surface area contributed by atoms with E-state index in [0.717, 1.165) is 16.7 Å². The first-order valence-electron chi connectivity index (χ1n) is 7.22. The van der Waals surface area contributed by atoms with Crippen LogP contribution in [0.25, 0.3) is 0 Å². The molecule has 0 N–H and O–H groups in total. The van der Waals surface area contributed by atoms with E-state index in [0.29, 0.717) is 5.75 Å². The Bertz CT molecular complexity index is 767. The van der Waals surface area contributed by atoms with Gasteiger partial charge < -0.3 is 4.18 Å². The van der Waals surface area contributed by atoms with Crippen molar-refractivity contribution in [3.05, 3.63) is 59.2 Å². The summed E-state index contributed by atoms with van der Waals surface area (Å²) in [5.74, 6) is 0.366. The minimum atomic E-state index is -3.81. The third-order valence-corrected chi connectivity index (χ3v) is 4.79. The average molecular weight is 318 g/mol. The van der Waals surface area contributed by atoms with Crippen molar-refractivity contribution in [3.63, 3.8) is 0 Å². The molecule has 0 radical (unpaired) electrons. The summed E-state index contributed by atoms with van der Waals surface area (Å²) in [6.07, 6.45) is 0. The summed E-state index contributed by atoms with van der Waals surface area (Å²) in [4.78, 5) is 0.167. The molecular formula is C18H22O3S. The van der Waals surface area contributed by atoms with Crippen molar-refractivity contribution in [1.82, 2.24) is 0 Å². The first kappa shape index (κ1) is 16.6. The van der Waals surface area contributed by atoms with E-state index in [4.69, 9.17) is 4.18 Å². The molecule has 0 aromatic heterocycles. The van der Waals surface area contributed by atoms with E-state index in [-0.39, 0.29) is 10.3 Å². The van der Waals surface area contributed by atoms with Crippen molar-refractivity contribution in [2.45, 2.75) is 44.9 Å². The second-order valence-electron chi connectivity index (χ2n) is 6.58. The fraction of sp³-hybridized carbons (Fsp3) is 0.333. The standard InChI is InChI=1S/C18H22O3S/c1-13-6-11-17(14(2)12-13)21-22(19,20)16-9-7-15(8-10-16)18(3,4)5/h6-12H,1-5H3. The van der Waals surface area contributed by atoms with Gasteiger partial charge in [-0.2, -0.15) is 8.42 Å². The highest BCUT2D eigenvalue weighted by Crippen LogP contribution is 2.26. The molecule has 22 heavy (non-hydrogen) atoms. The van der Waals surface area contributed by atoms with E-state index >= 15 is 0 Å². The normalized spacial score (nSPS) is 12.2. The van der Waals surface area contributed by atoms with Crippen LogP contribution >= 0.6 is 0 Å². The zero-order valence-corrected chi connectivity index (χ0v) is 14.5. The third-order valence-electron chi connectivity index (χ3n) is 3.54. The van der Waals surface area contributed by atoms with Gasteiger partial charge in [0, 0.05) is 0 Å². The van der Waals surface area contributed by atoms with Crippen molar-refractivity contribution in [1.29, 1.82) is 0 Å². The van der Waals surface area contributed by atoms with Gasteiger partial charge in [0.1, 0.15) is 10.6 Å². The highest BCUT2D eigenvalue weighted by atomic mass is 32.2. The first-order chi connectivity index (χ1) is 10.1. The van der Waals surface area contributed by atoms with Crippen LogP contribution in [0.15, 0.2) is 47.4 Å². The van der Waals surface area contributed by atoms with Crippen LogP contribution in [0.2, 0.25) is 0 Å². The van der Waals surface area contributed by atoms with Crippen molar-refractivity contribution in [2.24, 2.45) is 0 Å². The van der Waals surface area contributed by atoms with Crippen LogP contribution in [0, 0.1) is 13.8 Å². The van der Waals surface area contributed by atoms with Gasteiger partial charge >= 0.3 is 10.1 Å². The minimum absolute atomic E-state index is 0.0172. The Balaban J connectivity index is 2.31. The zero-order chi connectivity index (χ0) is 16.5. The second kappa shape index (κ2) is 5.76. The molecule has 2 aromatic carbocycles. The van der Waals surface area contributed by atoms with Gasteiger partial charge in [-0.3, -0.25) is 0 Å². The molecular weight excluding hydrogens is 296 g/mol. The molecule has 0 atom stereocenters. The lowest BCUT2D eigenvalue weighted by atomic mass is 9.87. The van der Waals surface area contributed by atoms with E-state index in [1.165, 1.54) is 0 Å². The number of hydrogen-bond donors (Lipinski definition) is 0. The van der Waals surface area contributed by atoms with E-state index in [1.54, 1.807) is 18.2 Å². The van der Waals surface area contributed by atoms with E-state index in [2.05, 4.69) is 20.8 Å². The molecule has 0 aliphatic heterocycles. The maximum Gasteiger partial charge on any atom is 0.339 e. The van der Waals surface area contributed by atoms with Crippen LogP contribution in [0.4, 0.5) is 0 Å². The predicted molar refractivity (Wildman–Crippen MR) is 88.9 cm³/mol. The maximum atomic E-state index is 12.4. The molecule has 0 heterocycles. The highest BCUT2D eigenvalue weighted by Gasteiger charge is 2.20. The minimum Gasteiger partial charge on any atom is -0.379 e. The predicted octanol–water partition coefficient (Wildman–Crippen LogP) is 4.37. The van der Waals surface area contributed by atoms with Crippen molar-refractivity contribution in [3.8, 4) is 5.75 Å². The van der Waals surface area contributed by atoms with Gasteiger partial charge in [0.25, 0.3) is 0 Å². The quantitative estimate of drug-likeness (QED) is 0.789. The molecule has 0 aliphatic carbocycles. The largest absolute Gasteiger partial charge is 0.379 e. The summed E-state index contributed by atoms with van der Waals surface area (Å²) < 4.78 is 30.0. The summed E-state index contributed by atoms with van der Waals surface area (Å²) >= 11 is 0. The zero-order valence-electron chi connectivity index (χ0n) is 13.7. The lowest BCUT2D eigenvalue weighted by Gasteiger charge is -2.19. The Morgan fingerprint density at radius 1 is 0.909 bits per heavy atom. The average Bonchev–Trinajstić information content (AvgIpc) is 2.41. The van der Waals surface area contributed by atoms with Crippen molar-refractivity contribution in [2.75, 3.05) is 0 Å². The molecule has 0 saturated heterocycles. The molecule has 2 rings (SSSR count). The fourth-order valence-electron chi connectivity index (χ4n) is 2.18. The number of aryl methyl sites for hydroxylation is 2. The van der Waals surface area contributed by atoms with Crippen molar-refractivity contribution < 1.29 is 12.6 Å². The molecule has 0 unspecified atom stereocenters. The lowest BCUT2D eigenvalue weighted by Crippen LogP contribution is -2.13. The van der Waals surface area contributed by atoms with Crippen LogP contribution in [-0.2, 0) is 15.5 Å². The van der Waals surface area contributed by atoms with Crippen LogP contribution in [0.5, 0.6) is 5.75 Å². The van der Waals surface area contributed by atoms with Crippen LogP contribution < -0.4 is 4.18 Å². The van der Waals surface area contributed by atoms with Gasteiger partial charge in [0.15, 0.2) is 0 Å². The van der Waals surface area contributed by atoms with Gasteiger partial charge in [0.2, 0.25) is 0 Å². The van der Waals surface area contributed by atoms with Crippen molar-refractivity contribution >= 4 is 10.1 Å². The molecule has 0 bridgehead atoms. The first-order valence-corrected chi connectivity index (χ1v) is 8.63. The third kappa shape index (κ3) is 3.69. The Morgan fingerprint density at radius 2 is 1.50 bits per heavy atom. The maximum absolute atomic E-state index is 12.4. The van der Waals surface area contributed by atoms with Gasteiger partial charge in [-0.1, -0.05) is 50.6 Å². The highest BCUT2D eigenvalue weighted by molar-refractivity contribution is 7.87. The molecule has 0 spiro atoms. The fourth-order valence-corrected chi connectivity index (χ4v) is 3.17. The summed E-state index contributed by atoms with van der Waals surface area (Å²) in [6, 6.07) is 12.3. The molecule has 0 aliphatic rings. The van der Waals surface area contributed by atoms with Gasteiger partial charge in [-0.15, -0.1) is 0 Å². The molecule has 3 nitrogen and oxygen atoms in total. The van der Waals surface area contributed by atoms with Gasteiger partial charge in [-0.05, 0) is 48.6 Å². The molecule has 0 saturated carbocycles. The van der Waals surface area contributed by atoms with Crippen LogP contribution in [-0.4, -0.2) is 8.42 Å². The van der Waals surface area contributed by atoms with E-state index in [9.17, 15) is 8.42 Å². The van der Waals surface area contributed by atoms with Gasteiger partial charge in [0.05, 0.1) is 0 Å².